The molecule has 6 heteroatoms. The highest BCUT2D eigenvalue weighted by molar-refractivity contribution is 6.17. The van der Waals surface area contributed by atoms with Crippen molar-refractivity contribution in [3.05, 3.63) is 11.8 Å². The van der Waals surface area contributed by atoms with E-state index in [1.54, 1.807) is 5.43 Å². The van der Waals surface area contributed by atoms with Crippen molar-refractivity contribution in [3.63, 3.8) is 0 Å². The van der Waals surface area contributed by atoms with Gasteiger partial charge >= 0.3 is 0 Å². The molecule has 0 unspecified atom stereocenters. The lowest BCUT2D eigenvalue weighted by molar-refractivity contribution is -0.122. The Balaban J connectivity index is 4.39. The van der Waals surface area contributed by atoms with Gasteiger partial charge in [-0.2, -0.15) is 0 Å². The fraction of sp³-hybridized carbons (Fsp3) is 0. The molecule has 0 aromatic heterocycles. The van der Waals surface area contributed by atoms with E-state index in [0.29, 0.717) is 0 Å². The molecule has 2 amide bonds. The van der Waals surface area contributed by atoms with Crippen LogP contribution in [0.5, 0.6) is 0 Å². The van der Waals surface area contributed by atoms with Crippen LogP contribution in [-0.2, 0) is 9.59 Å². The number of carbonyl (C=O) groups excluding carboxylic acids is 2. The van der Waals surface area contributed by atoms with Gasteiger partial charge in [-0.3, -0.25) is 15.0 Å². The van der Waals surface area contributed by atoms with Gasteiger partial charge in [0.15, 0.2) is 0 Å². The lowest BCUT2D eigenvalue weighted by Gasteiger charge is -1.97. The summed E-state index contributed by atoms with van der Waals surface area (Å²) in [5.41, 5.74) is 10.9. The van der Waals surface area contributed by atoms with Gasteiger partial charge < -0.3 is 11.5 Å². The third-order valence-electron chi connectivity index (χ3n) is 0.808. The molecule has 0 aliphatic carbocycles. The van der Waals surface area contributed by atoms with E-state index in [2.05, 4.69) is 5.84 Å². The summed E-state index contributed by atoms with van der Waals surface area (Å²) in [5, 5.41) is 0. The summed E-state index contributed by atoms with van der Waals surface area (Å²) in [5.74, 6) is 2.97. The monoisotopic (exact) mass is 144 g/mol. The zero-order valence-corrected chi connectivity index (χ0v) is 5.13. The van der Waals surface area contributed by atoms with Crippen molar-refractivity contribution in [2.24, 2.45) is 17.3 Å². The predicted octanol–water partition coefficient (Wildman–Crippen LogP) is -2.70. The molecule has 0 saturated carbocycles. The van der Waals surface area contributed by atoms with Gasteiger partial charge in [-0.15, -0.1) is 0 Å². The summed E-state index contributed by atoms with van der Waals surface area (Å²) in [6.07, 6.45) is 0.796. The SMILES string of the molecule is N/C=C(\C(N)=O)C(=O)NN. The van der Waals surface area contributed by atoms with Gasteiger partial charge in [-0.1, -0.05) is 0 Å². The van der Waals surface area contributed by atoms with Gasteiger partial charge in [-0.05, 0) is 0 Å². The van der Waals surface area contributed by atoms with Crippen LogP contribution in [0.15, 0.2) is 11.8 Å². The van der Waals surface area contributed by atoms with Crippen LogP contribution in [-0.4, -0.2) is 11.8 Å². The summed E-state index contributed by atoms with van der Waals surface area (Å²) in [6.45, 7) is 0. The van der Waals surface area contributed by atoms with Crippen molar-refractivity contribution in [2.75, 3.05) is 0 Å². The van der Waals surface area contributed by atoms with Crippen LogP contribution in [0.3, 0.4) is 0 Å². The van der Waals surface area contributed by atoms with Crippen LogP contribution in [0.2, 0.25) is 0 Å². The molecule has 10 heavy (non-hydrogen) atoms. The number of hydrogen-bond acceptors (Lipinski definition) is 4. The largest absolute Gasteiger partial charge is 0.404 e. The molecule has 0 atom stereocenters. The molecule has 7 N–H and O–H groups in total. The molecule has 6 nitrogen and oxygen atoms in total. The van der Waals surface area contributed by atoms with Crippen LogP contribution in [0.25, 0.3) is 0 Å². The third-order valence-corrected chi connectivity index (χ3v) is 0.808. The van der Waals surface area contributed by atoms with Gasteiger partial charge in [0.25, 0.3) is 11.8 Å². The first-order valence-corrected chi connectivity index (χ1v) is 2.36. The summed E-state index contributed by atoms with van der Waals surface area (Å²) >= 11 is 0. The molecule has 0 aliphatic heterocycles. The van der Waals surface area contributed by atoms with Crippen molar-refractivity contribution in [1.29, 1.82) is 0 Å². The second kappa shape index (κ2) is 3.46. The van der Waals surface area contributed by atoms with E-state index in [1.165, 1.54) is 0 Å². The van der Waals surface area contributed by atoms with Gasteiger partial charge in [0, 0.05) is 6.20 Å². The minimum Gasteiger partial charge on any atom is -0.404 e. The summed E-state index contributed by atoms with van der Waals surface area (Å²) in [4.78, 5) is 20.8. The number of primary amides is 1. The first kappa shape index (κ1) is 8.44. The van der Waals surface area contributed by atoms with Gasteiger partial charge in [0.2, 0.25) is 0 Å². The maximum absolute atomic E-state index is 10.5. The molecule has 0 heterocycles. The molecular formula is C4H8N4O2. The quantitative estimate of drug-likeness (QED) is 0.0840. The maximum Gasteiger partial charge on any atom is 0.272 e. The van der Waals surface area contributed by atoms with E-state index in [-0.39, 0.29) is 5.57 Å². The van der Waals surface area contributed by atoms with E-state index >= 15 is 0 Å². The minimum absolute atomic E-state index is 0.359. The average molecular weight is 144 g/mol. The number of hydrazine groups is 1. The molecular weight excluding hydrogens is 136 g/mol. The number of rotatable bonds is 2. The molecule has 0 rings (SSSR count). The number of nitrogens with two attached hydrogens (primary N) is 3. The molecule has 0 spiro atoms. The normalized spacial score (nSPS) is 10.7. The highest BCUT2D eigenvalue weighted by Crippen LogP contribution is 1.87. The lowest BCUT2D eigenvalue weighted by Crippen LogP contribution is -2.36. The van der Waals surface area contributed by atoms with Crippen molar-refractivity contribution < 1.29 is 9.59 Å². The van der Waals surface area contributed by atoms with E-state index in [4.69, 9.17) is 11.5 Å². The number of amides is 2. The predicted molar refractivity (Wildman–Crippen MR) is 33.8 cm³/mol. The van der Waals surface area contributed by atoms with Crippen molar-refractivity contribution in [1.82, 2.24) is 5.43 Å². The zero-order chi connectivity index (χ0) is 8.15. The van der Waals surface area contributed by atoms with E-state index < -0.39 is 11.8 Å². The summed E-state index contributed by atoms with van der Waals surface area (Å²) in [7, 11) is 0. The van der Waals surface area contributed by atoms with Crippen molar-refractivity contribution >= 4 is 11.8 Å². The number of carbonyl (C=O) groups is 2. The average Bonchev–Trinajstić information content (AvgIpc) is 1.88. The van der Waals surface area contributed by atoms with Crippen LogP contribution in [0.1, 0.15) is 0 Å². The Bertz CT molecular complexity index is 186. The summed E-state index contributed by atoms with van der Waals surface area (Å²) in [6, 6.07) is 0. The molecule has 0 aromatic rings. The van der Waals surface area contributed by atoms with Crippen LogP contribution >= 0.6 is 0 Å². The highest BCUT2D eigenvalue weighted by atomic mass is 16.2. The lowest BCUT2D eigenvalue weighted by atomic mass is 10.2. The number of nitrogens with one attached hydrogen (secondary N) is 1. The zero-order valence-electron chi connectivity index (χ0n) is 5.13. The van der Waals surface area contributed by atoms with Crippen molar-refractivity contribution in [3.8, 4) is 0 Å². The standard InChI is InChI=1S/C4H8N4O2/c5-1-2(3(6)9)4(10)8-7/h1H,5,7H2,(H2,6,9)(H,8,10)/b2-1+. The minimum atomic E-state index is -0.912. The van der Waals surface area contributed by atoms with Gasteiger partial charge in [0.05, 0.1) is 0 Å². The number of hydrogen-bond donors (Lipinski definition) is 4. The fourth-order valence-electron chi connectivity index (χ4n) is 0.347. The molecule has 0 saturated heterocycles. The molecule has 0 aromatic carbocycles. The van der Waals surface area contributed by atoms with Crippen molar-refractivity contribution in [2.45, 2.75) is 0 Å². The fourth-order valence-corrected chi connectivity index (χ4v) is 0.347. The van der Waals surface area contributed by atoms with Crippen LogP contribution < -0.4 is 22.7 Å². The second-order valence-electron chi connectivity index (χ2n) is 1.42. The smallest absolute Gasteiger partial charge is 0.272 e. The van der Waals surface area contributed by atoms with Crippen LogP contribution in [0, 0.1) is 0 Å². The van der Waals surface area contributed by atoms with Gasteiger partial charge in [-0.25, -0.2) is 5.84 Å². The summed E-state index contributed by atoms with van der Waals surface area (Å²) < 4.78 is 0. The Morgan fingerprint density at radius 2 is 1.90 bits per heavy atom. The molecule has 0 bridgehead atoms. The molecule has 56 valence electrons. The first-order valence-electron chi connectivity index (χ1n) is 2.36. The highest BCUT2D eigenvalue weighted by Gasteiger charge is 2.11. The topological polar surface area (TPSA) is 124 Å². The Labute approximate surface area is 57.0 Å². The van der Waals surface area contributed by atoms with E-state index in [9.17, 15) is 9.59 Å². The third kappa shape index (κ3) is 1.75. The Hall–Kier alpha value is -1.56. The molecule has 0 aliphatic rings. The van der Waals surface area contributed by atoms with Crippen LogP contribution in [0.4, 0.5) is 0 Å². The molecule has 0 fully saturated rings. The Kier molecular flexibility index (Phi) is 2.92. The Morgan fingerprint density at radius 1 is 1.40 bits per heavy atom. The maximum atomic E-state index is 10.5. The molecule has 0 radical (unpaired) electrons. The van der Waals surface area contributed by atoms with Gasteiger partial charge in [0.1, 0.15) is 5.57 Å². The Morgan fingerprint density at radius 3 is 2.00 bits per heavy atom. The first-order chi connectivity index (χ1) is 4.63. The van der Waals surface area contributed by atoms with E-state index in [1.807, 2.05) is 0 Å². The second-order valence-corrected chi connectivity index (χ2v) is 1.42. The van der Waals surface area contributed by atoms with E-state index in [0.717, 1.165) is 6.20 Å².